The Labute approximate surface area is 134 Å². The maximum absolute atomic E-state index is 3.80. The SMILES string of the molecule is CCCNC(Cc1ccc(CC)s1)C1CN(C)CCN1C. The van der Waals surface area contributed by atoms with Gasteiger partial charge < -0.3 is 10.2 Å². The number of nitrogens with zero attached hydrogens (tertiary/aromatic N) is 2. The van der Waals surface area contributed by atoms with Crippen molar-refractivity contribution in [3.63, 3.8) is 0 Å². The monoisotopic (exact) mass is 309 g/mol. The van der Waals surface area contributed by atoms with Crippen molar-refractivity contribution >= 4 is 11.3 Å². The lowest BCUT2D eigenvalue weighted by Gasteiger charge is -2.42. The molecule has 4 heteroatoms. The fourth-order valence-corrected chi connectivity index (χ4v) is 4.11. The molecule has 1 N–H and O–H groups in total. The molecule has 1 fully saturated rings. The van der Waals surface area contributed by atoms with Crippen molar-refractivity contribution in [3.8, 4) is 0 Å². The van der Waals surface area contributed by atoms with Crippen LogP contribution in [0.5, 0.6) is 0 Å². The van der Waals surface area contributed by atoms with E-state index in [2.05, 4.69) is 55.2 Å². The average Bonchev–Trinajstić information content (AvgIpc) is 2.94. The Balaban J connectivity index is 2.05. The van der Waals surface area contributed by atoms with E-state index in [-0.39, 0.29) is 0 Å². The number of hydrogen-bond acceptors (Lipinski definition) is 4. The third kappa shape index (κ3) is 4.78. The molecule has 21 heavy (non-hydrogen) atoms. The lowest BCUT2D eigenvalue weighted by atomic mass is 10.00. The van der Waals surface area contributed by atoms with Crippen LogP contribution in [0.25, 0.3) is 0 Å². The van der Waals surface area contributed by atoms with Crippen molar-refractivity contribution in [2.24, 2.45) is 0 Å². The summed E-state index contributed by atoms with van der Waals surface area (Å²) in [5, 5.41) is 3.80. The summed E-state index contributed by atoms with van der Waals surface area (Å²) in [7, 11) is 4.53. The first-order valence-corrected chi connectivity index (χ1v) is 9.15. The molecule has 0 saturated carbocycles. The molecular weight excluding hydrogens is 278 g/mol. The largest absolute Gasteiger partial charge is 0.312 e. The molecule has 2 unspecified atom stereocenters. The molecule has 2 heterocycles. The normalized spacial score (nSPS) is 22.6. The predicted molar refractivity (Wildman–Crippen MR) is 93.4 cm³/mol. The Morgan fingerprint density at radius 3 is 2.67 bits per heavy atom. The maximum atomic E-state index is 3.80. The van der Waals surface area contributed by atoms with Crippen molar-refractivity contribution in [3.05, 3.63) is 21.9 Å². The van der Waals surface area contributed by atoms with Gasteiger partial charge in [-0.3, -0.25) is 4.90 Å². The first-order valence-electron chi connectivity index (χ1n) is 8.33. The van der Waals surface area contributed by atoms with Gasteiger partial charge in [0, 0.05) is 41.5 Å². The highest BCUT2D eigenvalue weighted by molar-refractivity contribution is 7.11. The Hall–Kier alpha value is -0.420. The van der Waals surface area contributed by atoms with Gasteiger partial charge in [0.1, 0.15) is 0 Å². The van der Waals surface area contributed by atoms with Crippen LogP contribution < -0.4 is 5.32 Å². The summed E-state index contributed by atoms with van der Waals surface area (Å²) in [6.07, 6.45) is 3.52. The van der Waals surface area contributed by atoms with Gasteiger partial charge >= 0.3 is 0 Å². The van der Waals surface area contributed by atoms with Crippen molar-refractivity contribution in [1.82, 2.24) is 15.1 Å². The van der Waals surface area contributed by atoms with E-state index in [1.807, 2.05) is 11.3 Å². The molecule has 3 nitrogen and oxygen atoms in total. The van der Waals surface area contributed by atoms with E-state index in [1.54, 1.807) is 0 Å². The lowest BCUT2D eigenvalue weighted by Crippen LogP contribution is -2.59. The zero-order valence-corrected chi connectivity index (χ0v) is 14.9. The number of piperazine rings is 1. The van der Waals surface area contributed by atoms with Crippen LogP contribution in [0, 0.1) is 0 Å². The topological polar surface area (TPSA) is 18.5 Å². The van der Waals surface area contributed by atoms with E-state index >= 15 is 0 Å². The maximum Gasteiger partial charge on any atom is 0.0377 e. The molecule has 1 aliphatic heterocycles. The summed E-state index contributed by atoms with van der Waals surface area (Å²) in [5.74, 6) is 0. The molecule has 1 aliphatic rings. The highest BCUT2D eigenvalue weighted by Gasteiger charge is 2.29. The minimum atomic E-state index is 0.557. The van der Waals surface area contributed by atoms with Gasteiger partial charge in [0.15, 0.2) is 0 Å². The molecule has 2 rings (SSSR count). The van der Waals surface area contributed by atoms with Gasteiger partial charge in [-0.05, 0) is 52.0 Å². The van der Waals surface area contributed by atoms with Crippen LogP contribution in [0.4, 0.5) is 0 Å². The van der Waals surface area contributed by atoms with E-state index in [0.29, 0.717) is 12.1 Å². The van der Waals surface area contributed by atoms with Gasteiger partial charge in [-0.15, -0.1) is 11.3 Å². The minimum Gasteiger partial charge on any atom is -0.312 e. The van der Waals surface area contributed by atoms with E-state index in [0.717, 1.165) is 19.4 Å². The number of rotatable bonds is 7. The molecule has 0 aromatic carbocycles. The molecule has 120 valence electrons. The molecule has 0 aliphatic carbocycles. The van der Waals surface area contributed by atoms with Crippen LogP contribution in [-0.4, -0.2) is 62.2 Å². The molecule has 1 aromatic heterocycles. The second kappa shape index (κ2) is 8.28. The Kier molecular flexibility index (Phi) is 6.68. The summed E-state index contributed by atoms with van der Waals surface area (Å²) in [6, 6.07) is 5.80. The highest BCUT2D eigenvalue weighted by atomic mass is 32.1. The van der Waals surface area contributed by atoms with E-state index in [9.17, 15) is 0 Å². The van der Waals surface area contributed by atoms with Crippen LogP contribution in [0.15, 0.2) is 12.1 Å². The van der Waals surface area contributed by atoms with Crippen LogP contribution in [-0.2, 0) is 12.8 Å². The quantitative estimate of drug-likeness (QED) is 0.835. The molecule has 1 saturated heterocycles. The van der Waals surface area contributed by atoms with Gasteiger partial charge in [0.25, 0.3) is 0 Å². The van der Waals surface area contributed by atoms with Crippen LogP contribution in [0.2, 0.25) is 0 Å². The third-order valence-corrected chi connectivity index (χ3v) is 5.76. The Morgan fingerprint density at radius 2 is 2.00 bits per heavy atom. The molecule has 0 amide bonds. The van der Waals surface area contributed by atoms with Gasteiger partial charge in [-0.25, -0.2) is 0 Å². The molecular formula is C17H31N3S. The van der Waals surface area contributed by atoms with E-state index in [1.165, 1.54) is 35.8 Å². The first-order chi connectivity index (χ1) is 10.1. The molecule has 2 atom stereocenters. The minimum absolute atomic E-state index is 0.557. The standard InChI is InChI=1S/C17H31N3S/c1-5-9-18-16(12-15-8-7-14(6-2)21-15)17-13-19(3)10-11-20(17)4/h7-8,16-18H,5-6,9-13H2,1-4H3. The lowest BCUT2D eigenvalue weighted by molar-refractivity contribution is 0.0878. The van der Waals surface area contributed by atoms with Gasteiger partial charge in [0.05, 0.1) is 0 Å². The Bertz CT molecular complexity index is 418. The number of thiophene rings is 1. The van der Waals surface area contributed by atoms with Gasteiger partial charge in [-0.1, -0.05) is 13.8 Å². The van der Waals surface area contributed by atoms with Crippen molar-refractivity contribution < 1.29 is 0 Å². The van der Waals surface area contributed by atoms with Gasteiger partial charge in [0.2, 0.25) is 0 Å². The number of likely N-dealkylation sites (N-methyl/N-ethyl adjacent to an activating group) is 2. The van der Waals surface area contributed by atoms with Crippen LogP contribution in [0.1, 0.15) is 30.0 Å². The first kappa shape index (κ1) is 16.9. The fourth-order valence-electron chi connectivity index (χ4n) is 3.09. The Morgan fingerprint density at radius 1 is 1.24 bits per heavy atom. The third-order valence-electron chi connectivity index (χ3n) is 4.51. The summed E-state index contributed by atoms with van der Waals surface area (Å²) in [5.41, 5.74) is 0. The van der Waals surface area contributed by atoms with Crippen molar-refractivity contribution in [2.75, 3.05) is 40.3 Å². The summed E-state index contributed by atoms with van der Waals surface area (Å²) in [6.45, 7) is 9.14. The summed E-state index contributed by atoms with van der Waals surface area (Å²) >= 11 is 1.99. The smallest absolute Gasteiger partial charge is 0.0377 e. The molecule has 1 aromatic rings. The predicted octanol–water partition coefficient (Wildman–Crippen LogP) is 2.47. The molecule has 0 spiro atoms. The summed E-state index contributed by atoms with van der Waals surface area (Å²) < 4.78 is 0. The van der Waals surface area contributed by atoms with Crippen molar-refractivity contribution in [1.29, 1.82) is 0 Å². The van der Waals surface area contributed by atoms with Crippen LogP contribution in [0.3, 0.4) is 0 Å². The zero-order valence-electron chi connectivity index (χ0n) is 14.1. The number of hydrogen-bond donors (Lipinski definition) is 1. The van der Waals surface area contributed by atoms with Crippen molar-refractivity contribution in [2.45, 2.75) is 45.2 Å². The summed E-state index contributed by atoms with van der Waals surface area (Å²) in [4.78, 5) is 8.05. The fraction of sp³-hybridized carbons (Fsp3) is 0.765. The molecule has 0 radical (unpaired) electrons. The highest BCUT2D eigenvalue weighted by Crippen LogP contribution is 2.21. The second-order valence-corrected chi connectivity index (χ2v) is 7.55. The second-order valence-electron chi connectivity index (χ2n) is 6.30. The number of nitrogens with one attached hydrogen (secondary N) is 1. The average molecular weight is 310 g/mol. The van der Waals surface area contributed by atoms with E-state index < -0.39 is 0 Å². The van der Waals surface area contributed by atoms with E-state index in [4.69, 9.17) is 0 Å². The van der Waals surface area contributed by atoms with Gasteiger partial charge in [-0.2, -0.15) is 0 Å². The molecule has 0 bridgehead atoms. The van der Waals surface area contributed by atoms with Crippen LogP contribution >= 0.6 is 11.3 Å². The zero-order chi connectivity index (χ0) is 15.2. The number of aryl methyl sites for hydroxylation is 1.